The molecule has 2 N–H and O–H groups in total. The van der Waals surface area contributed by atoms with Gasteiger partial charge in [0.05, 0.1) is 11.4 Å². The number of hydrogen-bond acceptors (Lipinski definition) is 3. The van der Waals surface area contributed by atoms with Crippen molar-refractivity contribution in [1.82, 2.24) is 14.7 Å². The van der Waals surface area contributed by atoms with Gasteiger partial charge >= 0.3 is 0 Å². The molecular weight excluding hydrogens is 344 g/mol. The first-order chi connectivity index (χ1) is 11.7. The molecule has 0 amide bonds. The minimum absolute atomic E-state index is 0. The highest BCUT2D eigenvalue weighted by Crippen LogP contribution is 2.32. The van der Waals surface area contributed by atoms with Crippen molar-refractivity contribution in [2.75, 3.05) is 19.6 Å². The van der Waals surface area contributed by atoms with E-state index < -0.39 is 0 Å². The highest BCUT2D eigenvalue weighted by molar-refractivity contribution is 5.85. The third-order valence-corrected chi connectivity index (χ3v) is 5.32. The highest BCUT2D eigenvalue weighted by Gasteiger charge is 2.33. The zero-order valence-electron chi connectivity index (χ0n) is 16.7. The molecule has 1 atom stereocenters. The Morgan fingerprint density at radius 1 is 1.19 bits per heavy atom. The molecule has 144 valence electrons. The summed E-state index contributed by atoms with van der Waals surface area (Å²) >= 11 is 0. The smallest absolute Gasteiger partial charge is 0.0727 e. The molecule has 3 rings (SSSR count). The van der Waals surface area contributed by atoms with Crippen molar-refractivity contribution in [2.24, 2.45) is 11.1 Å². The van der Waals surface area contributed by atoms with E-state index in [0.29, 0.717) is 0 Å². The quantitative estimate of drug-likeness (QED) is 0.874. The van der Waals surface area contributed by atoms with Crippen LogP contribution < -0.4 is 5.73 Å². The Kier molecular flexibility index (Phi) is 6.21. The number of nitrogens with two attached hydrogens (primary N) is 1. The van der Waals surface area contributed by atoms with Crippen LogP contribution in [0.5, 0.6) is 0 Å². The molecule has 4 nitrogen and oxygen atoms in total. The molecule has 26 heavy (non-hydrogen) atoms. The van der Waals surface area contributed by atoms with Crippen LogP contribution in [0.4, 0.5) is 0 Å². The lowest BCUT2D eigenvalue weighted by atomic mass is 9.89. The lowest BCUT2D eigenvalue weighted by Crippen LogP contribution is -2.31. The summed E-state index contributed by atoms with van der Waals surface area (Å²) in [5.74, 6) is 0. The molecule has 1 fully saturated rings. The zero-order valence-corrected chi connectivity index (χ0v) is 17.6. The van der Waals surface area contributed by atoms with Crippen molar-refractivity contribution in [2.45, 2.75) is 53.0 Å². The maximum Gasteiger partial charge on any atom is 0.0727 e. The molecule has 1 aromatic heterocycles. The van der Waals surface area contributed by atoms with E-state index in [4.69, 9.17) is 10.8 Å². The molecule has 2 aromatic rings. The fraction of sp³-hybridized carbons (Fsp3) is 0.571. The summed E-state index contributed by atoms with van der Waals surface area (Å²) in [6, 6.07) is 8.56. The van der Waals surface area contributed by atoms with Gasteiger partial charge in [0.15, 0.2) is 0 Å². The van der Waals surface area contributed by atoms with Gasteiger partial charge in [-0.1, -0.05) is 45.4 Å². The van der Waals surface area contributed by atoms with Crippen molar-refractivity contribution in [3.05, 3.63) is 47.3 Å². The SMILES string of the molecule is Cc1ccc(-n2cc(CN3CCC(C)(CN)C3)c(C(C)(C)C)n2)cc1.Cl. The number of likely N-dealkylation sites (tertiary alicyclic amines) is 1. The first-order valence-electron chi connectivity index (χ1n) is 9.29. The predicted molar refractivity (Wildman–Crippen MR) is 111 cm³/mol. The van der Waals surface area contributed by atoms with E-state index in [2.05, 4.69) is 70.0 Å². The molecule has 0 radical (unpaired) electrons. The van der Waals surface area contributed by atoms with Crippen LogP contribution in [0.1, 0.15) is 50.9 Å². The topological polar surface area (TPSA) is 47.1 Å². The van der Waals surface area contributed by atoms with E-state index in [1.165, 1.54) is 23.2 Å². The Morgan fingerprint density at radius 2 is 1.85 bits per heavy atom. The molecule has 0 bridgehead atoms. The second kappa shape index (κ2) is 7.71. The standard InChI is InChI=1S/C21H32N4.ClH/c1-16-6-8-18(9-7-16)25-13-17(19(23-25)20(2,3)4)12-24-11-10-21(5,14-22)15-24;/h6-9,13H,10-12,14-15,22H2,1-5H3;1H. The van der Waals surface area contributed by atoms with Gasteiger partial charge in [-0.3, -0.25) is 4.90 Å². The maximum atomic E-state index is 5.97. The van der Waals surface area contributed by atoms with Gasteiger partial charge < -0.3 is 5.73 Å². The fourth-order valence-electron chi connectivity index (χ4n) is 3.66. The summed E-state index contributed by atoms with van der Waals surface area (Å²) in [5.41, 5.74) is 11.2. The lowest BCUT2D eigenvalue weighted by Gasteiger charge is -2.24. The summed E-state index contributed by atoms with van der Waals surface area (Å²) in [6.45, 7) is 15.0. The van der Waals surface area contributed by atoms with Gasteiger partial charge in [0, 0.05) is 30.3 Å². The van der Waals surface area contributed by atoms with Gasteiger partial charge in [0.2, 0.25) is 0 Å². The highest BCUT2D eigenvalue weighted by atomic mass is 35.5. The normalized spacial score (nSPS) is 21.0. The minimum Gasteiger partial charge on any atom is -0.330 e. The number of halogens is 1. The molecule has 0 saturated carbocycles. The molecule has 0 spiro atoms. The molecular formula is C21H33ClN4. The molecule has 1 unspecified atom stereocenters. The Balaban J connectivity index is 0.00000243. The van der Waals surface area contributed by atoms with Crippen LogP contribution in [-0.4, -0.2) is 34.3 Å². The van der Waals surface area contributed by atoms with Crippen molar-refractivity contribution in [3.63, 3.8) is 0 Å². The molecule has 2 heterocycles. The van der Waals surface area contributed by atoms with Crippen LogP contribution in [-0.2, 0) is 12.0 Å². The van der Waals surface area contributed by atoms with Crippen LogP contribution in [0.3, 0.4) is 0 Å². The summed E-state index contributed by atoms with van der Waals surface area (Å²) in [6.07, 6.45) is 3.39. The second-order valence-electron chi connectivity index (χ2n) is 9.01. The van der Waals surface area contributed by atoms with Crippen LogP contribution in [0.25, 0.3) is 5.69 Å². The average Bonchev–Trinajstić information content (AvgIpc) is 3.13. The number of aromatic nitrogens is 2. The number of benzene rings is 1. The summed E-state index contributed by atoms with van der Waals surface area (Å²) < 4.78 is 2.04. The summed E-state index contributed by atoms with van der Waals surface area (Å²) in [7, 11) is 0. The molecule has 1 saturated heterocycles. The summed E-state index contributed by atoms with van der Waals surface area (Å²) in [5, 5.41) is 4.95. The van der Waals surface area contributed by atoms with Gasteiger partial charge in [-0.2, -0.15) is 5.10 Å². The van der Waals surface area contributed by atoms with Gasteiger partial charge in [-0.25, -0.2) is 4.68 Å². The van der Waals surface area contributed by atoms with E-state index in [-0.39, 0.29) is 23.2 Å². The van der Waals surface area contributed by atoms with E-state index in [9.17, 15) is 0 Å². The Hall–Kier alpha value is -1.36. The fourth-order valence-corrected chi connectivity index (χ4v) is 3.66. The van der Waals surface area contributed by atoms with Gasteiger partial charge in [0.25, 0.3) is 0 Å². The monoisotopic (exact) mass is 376 g/mol. The first kappa shape index (κ1) is 20.9. The van der Waals surface area contributed by atoms with E-state index in [1.54, 1.807) is 0 Å². The number of aryl methyl sites for hydroxylation is 1. The molecule has 5 heteroatoms. The van der Waals surface area contributed by atoms with Crippen LogP contribution >= 0.6 is 12.4 Å². The third kappa shape index (κ3) is 4.48. The van der Waals surface area contributed by atoms with E-state index in [1.807, 2.05) is 4.68 Å². The lowest BCUT2D eigenvalue weighted by molar-refractivity contribution is 0.273. The van der Waals surface area contributed by atoms with Crippen molar-refractivity contribution in [3.8, 4) is 5.69 Å². The summed E-state index contributed by atoms with van der Waals surface area (Å²) in [4.78, 5) is 2.53. The average molecular weight is 377 g/mol. The second-order valence-corrected chi connectivity index (χ2v) is 9.01. The number of hydrogen-bond donors (Lipinski definition) is 1. The molecule has 1 aliphatic heterocycles. The first-order valence-corrected chi connectivity index (χ1v) is 9.29. The van der Waals surface area contributed by atoms with Crippen LogP contribution in [0.2, 0.25) is 0 Å². The predicted octanol–water partition coefficient (Wildman–Crippen LogP) is 4.07. The Morgan fingerprint density at radius 3 is 2.38 bits per heavy atom. The van der Waals surface area contributed by atoms with Crippen molar-refractivity contribution in [1.29, 1.82) is 0 Å². The van der Waals surface area contributed by atoms with Gasteiger partial charge in [0.1, 0.15) is 0 Å². The zero-order chi connectivity index (χ0) is 18.2. The Bertz CT molecular complexity index is 729. The molecule has 1 aromatic carbocycles. The van der Waals surface area contributed by atoms with E-state index >= 15 is 0 Å². The van der Waals surface area contributed by atoms with E-state index in [0.717, 1.165) is 31.9 Å². The van der Waals surface area contributed by atoms with Crippen LogP contribution in [0.15, 0.2) is 30.5 Å². The minimum atomic E-state index is 0. The van der Waals surface area contributed by atoms with Gasteiger partial charge in [-0.05, 0) is 44.0 Å². The Labute approximate surface area is 164 Å². The number of nitrogens with zero attached hydrogens (tertiary/aromatic N) is 3. The van der Waals surface area contributed by atoms with Crippen molar-refractivity contribution < 1.29 is 0 Å². The molecule has 0 aliphatic carbocycles. The third-order valence-electron chi connectivity index (χ3n) is 5.32. The van der Waals surface area contributed by atoms with Crippen LogP contribution in [0, 0.1) is 12.3 Å². The maximum absolute atomic E-state index is 5.97. The molecule has 1 aliphatic rings. The van der Waals surface area contributed by atoms with Crippen molar-refractivity contribution >= 4 is 12.4 Å². The number of rotatable bonds is 4. The van der Waals surface area contributed by atoms with Gasteiger partial charge in [-0.15, -0.1) is 12.4 Å². The largest absolute Gasteiger partial charge is 0.330 e.